The van der Waals surface area contributed by atoms with E-state index in [4.69, 9.17) is 9.47 Å². The molecule has 7 heteroatoms. The summed E-state index contributed by atoms with van der Waals surface area (Å²) < 4.78 is 11.2. The van der Waals surface area contributed by atoms with Crippen LogP contribution in [0, 0.1) is 11.8 Å². The molecule has 0 radical (unpaired) electrons. The number of carbonyl (C=O) groups excluding carboxylic acids is 3. The second-order valence-corrected chi connectivity index (χ2v) is 17.7. The topological polar surface area (TPSA) is 84.9 Å². The van der Waals surface area contributed by atoms with E-state index in [-0.39, 0.29) is 23.9 Å². The number of hydrogen-bond acceptors (Lipinski definition) is 6. The third kappa shape index (κ3) is 35.5. The summed E-state index contributed by atoms with van der Waals surface area (Å²) in [7, 11) is 2.02. The summed E-state index contributed by atoms with van der Waals surface area (Å²) in [5, 5.41) is 3.38. The van der Waals surface area contributed by atoms with Gasteiger partial charge in [0, 0.05) is 24.9 Å². The summed E-state index contributed by atoms with van der Waals surface area (Å²) >= 11 is 0. The minimum absolute atomic E-state index is 0.00594. The third-order valence-corrected chi connectivity index (χ3v) is 11.8. The fraction of sp³-hybridized carbons (Fsp3) is 0.939. The van der Waals surface area contributed by atoms with Crippen LogP contribution in [0.5, 0.6) is 0 Å². The maximum absolute atomic E-state index is 12.8. The highest BCUT2D eigenvalue weighted by atomic mass is 16.5. The molecule has 0 aromatic carbocycles. The monoisotopic (exact) mass is 793 g/mol. The largest absolute Gasteiger partial charge is 0.466 e. The molecule has 0 aliphatic heterocycles. The number of carbonyl (C=O) groups is 3. The van der Waals surface area contributed by atoms with E-state index in [2.05, 4.69) is 51.8 Å². The van der Waals surface area contributed by atoms with Crippen LogP contribution in [0.15, 0.2) is 0 Å². The van der Waals surface area contributed by atoms with Crippen LogP contribution >= 0.6 is 0 Å². The lowest BCUT2D eigenvalue weighted by molar-refractivity contribution is -0.146. The van der Waals surface area contributed by atoms with Crippen LogP contribution in [-0.4, -0.2) is 61.6 Å². The van der Waals surface area contributed by atoms with E-state index >= 15 is 0 Å². The van der Waals surface area contributed by atoms with Gasteiger partial charge in [-0.25, -0.2) is 0 Å². The van der Waals surface area contributed by atoms with Gasteiger partial charge in [0.25, 0.3) is 0 Å². The van der Waals surface area contributed by atoms with Crippen LogP contribution < -0.4 is 5.32 Å². The molecule has 0 fully saturated rings. The first kappa shape index (κ1) is 54.4. The molecule has 0 aromatic heterocycles. The zero-order valence-electron chi connectivity index (χ0n) is 38.5. The van der Waals surface area contributed by atoms with Crippen molar-refractivity contribution in [3.63, 3.8) is 0 Å². The van der Waals surface area contributed by atoms with E-state index < -0.39 is 0 Å². The zero-order valence-corrected chi connectivity index (χ0v) is 38.5. The Labute approximate surface area is 348 Å². The molecule has 0 atom stereocenters. The van der Waals surface area contributed by atoms with Crippen molar-refractivity contribution in [2.45, 2.75) is 259 Å². The minimum Gasteiger partial charge on any atom is -0.466 e. The molecule has 0 aliphatic rings. The van der Waals surface area contributed by atoms with Crippen molar-refractivity contribution in [3.05, 3.63) is 0 Å². The Balaban J connectivity index is 4.17. The molecular weight excluding hydrogens is 697 g/mol. The standard InChI is InChI=1S/C49H96N2O5/c1-8-12-32-44(33-13-9-2)40-48(53)55-38-30-26-22-18-16-20-24-28-36-46(50-47(52)42-51(7)43(5)6)37-29-25-21-17-19-23-27-31-39-56-49(54)41-45(34-14-10-3)35-15-11-4/h43-46H,8-42H2,1-7H3,(H,50,52). The van der Waals surface area contributed by atoms with Gasteiger partial charge in [-0.3, -0.25) is 19.3 Å². The van der Waals surface area contributed by atoms with E-state index in [1.54, 1.807) is 0 Å². The first-order valence-electron chi connectivity index (χ1n) is 24.5. The van der Waals surface area contributed by atoms with Gasteiger partial charge in [-0.1, -0.05) is 169 Å². The number of unbranched alkanes of at least 4 members (excludes halogenated alkanes) is 18. The van der Waals surface area contributed by atoms with Gasteiger partial charge in [0.1, 0.15) is 0 Å². The molecule has 0 aliphatic carbocycles. The number of amides is 1. The fourth-order valence-electron chi connectivity index (χ4n) is 7.71. The third-order valence-electron chi connectivity index (χ3n) is 11.8. The number of hydrogen-bond donors (Lipinski definition) is 1. The smallest absolute Gasteiger partial charge is 0.306 e. The molecule has 0 aromatic rings. The first-order chi connectivity index (χ1) is 27.2. The number of likely N-dealkylation sites (N-methyl/N-ethyl adjacent to an activating group) is 1. The summed E-state index contributed by atoms with van der Waals surface area (Å²) in [5.74, 6) is 1.16. The molecule has 0 unspecified atom stereocenters. The summed E-state index contributed by atoms with van der Waals surface area (Å²) in [6, 6.07) is 0.631. The lowest BCUT2D eigenvalue weighted by Crippen LogP contribution is -2.42. The summed E-state index contributed by atoms with van der Waals surface area (Å²) in [5.41, 5.74) is 0. The van der Waals surface area contributed by atoms with Crippen LogP contribution in [0.25, 0.3) is 0 Å². The first-order valence-corrected chi connectivity index (χ1v) is 24.5. The van der Waals surface area contributed by atoms with Crippen molar-refractivity contribution in [2.24, 2.45) is 11.8 Å². The molecule has 0 bridgehead atoms. The molecule has 332 valence electrons. The average Bonchev–Trinajstić information content (AvgIpc) is 3.17. The number of esters is 2. The molecule has 56 heavy (non-hydrogen) atoms. The van der Waals surface area contributed by atoms with Crippen LogP contribution in [-0.2, 0) is 23.9 Å². The summed E-state index contributed by atoms with van der Waals surface area (Å²) in [6.45, 7) is 14.8. The van der Waals surface area contributed by atoms with Crippen molar-refractivity contribution in [1.29, 1.82) is 0 Å². The van der Waals surface area contributed by atoms with E-state index in [1.165, 1.54) is 128 Å². The molecule has 0 saturated heterocycles. The quantitative estimate of drug-likeness (QED) is 0.0489. The van der Waals surface area contributed by atoms with Crippen LogP contribution in [0.4, 0.5) is 0 Å². The van der Waals surface area contributed by atoms with Crippen molar-refractivity contribution in [3.8, 4) is 0 Å². The Bertz CT molecular complexity index is 824. The van der Waals surface area contributed by atoms with Gasteiger partial charge < -0.3 is 14.8 Å². The van der Waals surface area contributed by atoms with Crippen molar-refractivity contribution < 1.29 is 23.9 Å². The second kappa shape index (κ2) is 40.2. The zero-order chi connectivity index (χ0) is 41.5. The van der Waals surface area contributed by atoms with E-state index in [0.717, 1.165) is 64.2 Å². The molecule has 0 saturated carbocycles. The van der Waals surface area contributed by atoms with E-state index in [0.29, 0.717) is 50.5 Å². The second-order valence-electron chi connectivity index (χ2n) is 17.7. The Hall–Kier alpha value is -1.63. The molecule has 1 N–H and O–H groups in total. The molecule has 0 spiro atoms. The molecule has 0 heterocycles. The van der Waals surface area contributed by atoms with E-state index in [1.807, 2.05) is 7.05 Å². The van der Waals surface area contributed by atoms with Gasteiger partial charge >= 0.3 is 11.9 Å². The van der Waals surface area contributed by atoms with E-state index in [9.17, 15) is 14.4 Å². The molecule has 0 rings (SSSR count). The molecule has 7 nitrogen and oxygen atoms in total. The maximum Gasteiger partial charge on any atom is 0.306 e. The van der Waals surface area contributed by atoms with Gasteiger partial charge in [-0.2, -0.15) is 0 Å². The Morgan fingerprint density at radius 3 is 1.11 bits per heavy atom. The molecular formula is C49H96N2O5. The highest BCUT2D eigenvalue weighted by Gasteiger charge is 2.17. The van der Waals surface area contributed by atoms with Crippen LogP contribution in [0.3, 0.4) is 0 Å². The van der Waals surface area contributed by atoms with Crippen LogP contribution in [0.1, 0.15) is 247 Å². The van der Waals surface area contributed by atoms with Crippen molar-refractivity contribution in [1.82, 2.24) is 10.2 Å². The highest BCUT2D eigenvalue weighted by molar-refractivity contribution is 5.78. The maximum atomic E-state index is 12.8. The predicted molar refractivity (Wildman–Crippen MR) is 239 cm³/mol. The van der Waals surface area contributed by atoms with Crippen molar-refractivity contribution in [2.75, 3.05) is 26.8 Å². The predicted octanol–water partition coefficient (Wildman–Crippen LogP) is 13.7. The van der Waals surface area contributed by atoms with Gasteiger partial charge in [-0.05, 0) is 84.1 Å². The summed E-state index contributed by atoms with van der Waals surface area (Å²) in [6.07, 6.45) is 36.5. The number of rotatable bonds is 42. The lowest BCUT2D eigenvalue weighted by Gasteiger charge is -2.23. The lowest BCUT2D eigenvalue weighted by atomic mass is 9.93. The van der Waals surface area contributed by atoms with Gasteiger partial charge in [0.05, 0.1) is 19.8 Å². The average molecular weight is 793 g/mol. The number of ether oxygens (including phenoxy) is 2. The number of nitrogens with one attached hydrogen (secondary N) is 1. The minimum atomic E-state index is 0.00594. The Morgan fingerprint density at radius 2 is 0.786 bits per heavy atom. The van der Waals surface area contributed by atoms with Gasteiger partial charge in [-0.15, -0.1) is 0 Å². The van der Waals surface area contributed by atoms with Gasteiger partial charge in [0.15, 0.2) is 0 Å². The molecule has 1 amide bonds. The Morgan fingerprint density at radius 1 is 0.464 bits per heavy atom. The van der Waals surface area contributed by atoms with Crippen LogP contribution in [0.2, 0.25) is 0 Å². The van der Waals surface area contributed by atoms with Crippen molar-refractivity contribution >= 4 is 17.8 Å². The normalized spacial score (nSPS) is 11.8. The van der Waals surface area contributed by atoms with Gasteiger partial charge in [0.2, 0.25) is 5.91 Å². The highest BCUT2D eigenvalue weighted by Crippen LogP contribution is 2.22. The number of nitrogens with zero attached hydrogens (tertiary/aromatic N) is 1. The summed E-state index contributed by atoms with van der Waals surface area (Å²) in [4.78, 5) is 39.7. The Kier molecular flexibility index (Phi) is 39.0. The SMILES string of the molecule is CCCCC(CCCC)CC(=O)OCCCCCCCCCCC(CCCCCCCCCCOC(=O)CC(CCCC)CCCC)NC(=O)CN(C)C(C)C. The fourth-order valence-corrected chi connectivity index (χ4v) is 7.71.